The van der Waals surface area contributed by atoms with Crippen LogP contribution in [0.15, 0.2) is 36.4 Å². The number of carbonyl (C=O) groups is 2. The molecule has 0 bridgehead atoms. The van der Waals surface area contributed by atoms with Gasteiger partial charge in [-0.3, -0.25) is 9.59 Å². The van der Waals surface area contributed by atoms with Crippen molar-refractivity contribution in [1.29, 1.82) is 0 Å². The molecule has 26 heavy (non-hydrogen) atoms. The molecule has 0 aliphatic carbocycles. The molecule has 2 heterocycles. The van der Waals surface area contributed by atoms with Gasteiger partial charge in [-0.25, -0.2) is 9.97 Å². The van der Waals surface area contributed by atoms with Gasteiger partial charge in [-0.15, -0.1) is 0 Å². The van der Waals surface area contributed by atoms with Crippen molar-refractivity contribution >= 4 is 23.5 Å². The number of amides is 2. The van der Waals surface area contributed by atoms with Crippen LogP contribution in [-0.2, 0) is 4.79 Å². The molecule has 0 N–H and O–H groups in total. The molecule has 1 fully saturated rings. The summed E-state index contributed by atoms with van der Waals surface area (Å²) in [6.45, 7) is 6.03. The fourth-order valence-corrected chi connectivity index (χ4v) is 2.97. The number of piperazine rings is 1. The summed E-state index contributed by atoms with van der Waals surface area (Å²) in [7, 11) is 1.74. The fraction of sp³-hybridized carbons (Fsp3) is 0.368. The Morgan fingerprint density at radius 3 is 2.31 bits per heavy atom. The maximum atomic E-state index is 12.8. The van der Waals surface area contributed by atoms with Gasteiger partial charge >= 0.3 is 0 Å². The average Bonchev–Trinajstić information content (AvgIpc) is 2.67. The van der Waals surface area contributed by atoms with E-state index in [1.54, 1.807) is 24.9 Å². The minimum atomic E-state index is -0.176. The second kappa shape index (κ2) is 7.51. The van der Waals surface area contributed by atoms with Gasteiger partial charge in [-0.2, -0.15) is 0 Å². The van der Waals surface area contributed by atoms with Crippen LogP contribution in [0.2, 0.25) is 0 Å². The lowest BCUT2D eigenvalue weighted by molar-refractivity contribution is -0.129. The van der Waals surface area contributed by atoms with Gasteiger partial charge in [0, 0.05) is 51.5 Å². The number of rotatable bonds is 3. The number of nitrogens with zero attached hydrogens (tertiary/aromatic N) is 5. The topological polar surface area (TPSA) is 69.6 Å². The molecule has 7 nitrogen and oxygen atoms in total. The first-order valence-corrected chi connectivity index (χ1v) is 8.65. The molecule has 0 unspecified atom stereocenters. The van der Waals surface area contributed by atoms with E-state index in [4.69, 9.17) is 0 Å². The lowest BCUT2D eigenvalue weighted by Gasteiger charge is -2.34. The van der Waals surface area contributed by atoms with Crippen LogP contribution >= 0.6 is 0 Å². The highest BCUT2D eigenvalue weighted by atomic mass is 16.2. The first-order valence-electron chi connectivity index (χ1n) is 8.65. The van der Waals surface area contributed by atoms with Gasteiger partial charge in [0.2, 0.25) is 11.9 Å². The molecule has 136 valence electrons. The van der Waals surface area contributed by atoms with Crippen molar-refractivity contribution in [3.8, 4) is 0 Å². The maximum Gasteiger partial charge on any atom is 0.276 e. The average molecular weight is 353 g/mol. The first-order chi connectivity index (χ1) is 12.5. The molecule has 1 saturated heterocycles. The number of para-hydroxylation sites is 1. The van der Waals surface area contributed by atoms with E-state index in [1.165, 1.54) is 0 Å². The van der Waals surface area contributed by atoms with Crippen LogP contribution in [0.4, 0.5) is 11.6 Å². The lowest BCUT2D eigenvalue weighted by Crippen LogP contribution is -2.48. The second-order valence-corrected chi connectivity index (χ2v) is 6.39. The van der Waals surface area contributed by atoms with Gasteiger partial charge in [-0.05, 0) is 25.1 Å². The molecule has 3 rings (SSSR count). The number of hydrogen-bond donors (Lipinski definition) is 0. The Labute approximate surface area is 153 Å². The van der Waals surface area contributed by atoms with Crippen molar-refractivity contribution in [2.75, 3.05) is 43.0 Å². The summed E-state index contributed by atoms with van der Waals surface area (Å²) >= 11 is 0. The van der Waals surface area contributed by atoms with Crippen LogP contribution in [0.3, 0.4) is 0 Å². The Morgan fingerprint density at radius 1 is 1.04 bits per heavy atom. The predicted octanol–water partition coefficient (Wildman–Crippen LogP) is 1.73. The van der Waals surface area contributed by atoms with Crippen molar-refractivity contribution in [2.45, 2.75) is 13.8 Å². The smallest absolute Gasteiger partial charge is 0.276 e. The lowest BCUT2D eigenvalue weighted by atomic mass is 10.2. The minimum Gasteiger partial charge on any atom is -0.339 e. The Hall–Kier alpha value is -2.96. The summed E-state index contributed by atoms with van der Waals surface area (Å²) in [6, 6.07) is 11.2. The summed E-state index contributed by atoms with van der Waals surface area (Å²) < 4.78 is 0. The highest BCUT2D eigenvalue weighted by Gasteiger charge is 2.23. The highest BCUT2D eigenvalue weighted by molar-refractivity contribution is 6.04. The number of carbonyl (C=O) groups excluding carboxylic acids is 2. The summed E-state index contributed by atoms with van der Waals surface area (Å²) in [6.07, 6.45) is 0. The highest BCUT2D eigenvalue weighted by Crippen LogP contribution is 2.17. The third-order valence-corrected chi connectivity index (χ3v) is 4.52. The third-order valence-electron chi connectivity index (χ3n) is 4.52. The summed E-state index contributed by atoms with van der Waals surface area (Å²) in [5.74, 6) is 0.443. The monoisotopic (exact) mass is 353 g/mol. The third kappa shape index (κ3) is 3.82. The zero-order valence-electron chi connectivity index (χ0n) is 15.3. The molecule has 1 aliphatic rings. The summed E-state index contributed by atoms with van der Waals surface area (Å²) in [5, 5.41) is 0. The van der Waals surface area contributed by atoms with E-state index < -0.39 is 0 Å². The zero-order chi connectivity index (χ0) is 18.7. The van der Waals surface area contributed by atoms with E-state index in [0.29, 0.717) is 37.8 Å². The van der Waals surface area contributed by atoms with Crippen LogP contribution in [-0.4, -0.2) is 59.9 Å². The normalized spacial score (nSPS) is 14.3. The molecule has 1 aliphatic heterocycles. The number of aryl methyl sites for hydroxylation is 1. The predicted molar refractivity (Wildman–Crippen MR) is 100 cm³/mol. The number of benzene rings is 1. The quantitative estimate of drug-likeness (QED) is 0.840. The zero-order valence-corrected chi connectivity index (χ0v) is 15.3. The van der Waals surface area contributed by atoms with Gasteiger partial charge in [0.05, 0.1) is 0 Å². The Balaban J connectivity index is 1.80. The molecular formula is C19H23N5O2. The molecule has 0 radical (unpaired) electrons. The van der Waals surface area contributed by atoms with Gasteiger partial charge in [0.15, 0.2) is 0 Å². The Bertz CT molecular complexity index is 801. The molecule has 0 saturated carbocycles. The van der Waals surface area contributed by atoms with Gasteiger partial charge in [0.25, 0.3) is 5.91 Å². The number of hydrogen-bond acceptors (Lipinski definition) is 5. The SMILES string of the molecule is CC(=O)N1CCN(c2nc(C)cc(C(=O)N(C)c3ccccc3)n2)CC1. The largest absolute Gasteiger partial charge is 0.339 e. The molecule has 2 amide bonds. The van der Waals surface area contributed by atoms with Crippen molar-refractivity contribution in [3.05, 3.63) is 47.8 Å². The van der Waals surface area contributed by atoms with Crippen LogP contribution in [0, 0.1) is 6.92 Å². The second-order valence-electron chi connectivity index (χ2n) is 6.39. The standard InChI is InChI=1S/C19H23N5O2/c1-14-13-17(18(26)22(3)16-7-5-4-6-8-16)21-19(20-14)24-11-9-23(10-12-24)15(2)25/h4-8,13H,9-12H2,1-3H3. The Morgan fingerprint density at radius 2 is 1.69 bits per heavy atom. The Kier molecular flexibility index (Phi) is 5.16. The van der Waals surface area contributed by atoms with E-state index in [1.807, 2.05) is 47.1 Å². The molecule has 1 aromatic heterocycles. The molecule has 0 spiro atoms. The van der Waals surface area contributed by atoms with E-state index >= 15 is 0 Å². The molecule has 2 aromatic rings. The maximum absolute atomic E-state index is 12.8. The fourth-order valence-electron chi connectivity index (χ4n) is 2.97. The molecule has 1 aromatic carbocycles. The van der Waals surface area contributed by atoms with Crippen LogP contribution in [0.25, 0.3) is 0 Å². The van der Waals surface area contributed by atoms with Crippen LogP contribution in [0.5, 0.6) is 0 Å². The number of aromatic nitrogens is 2. The first kappa shape index (κ1) is 17.8. The molecule has 0 atom stereocenters. The van der Waals surface area contributed by atoms with E-state index in [0.717, 1.165) is 11.4 Å². The van der Waals surface area contributed by atoms with E-state index in [9.17, 15) is 9.59 Å². The van der Waals surface area contributed by atoms with Crippen molar-refractivity contribution in [2.24, 2.45) is 0 Å². The van der Waals surface area contributed by atoms with Crippen LogP contribution in [0.1, 0.15) is 23.1 Å². The van der Waals surface area contributed by atoms with Crippen molar-refractivity contribution in [1.82, 2.24) is 14.9 Å². The van der Waals surface area contributed by atoms with E-state index in [2.05, 4.69) is 9.97 Å². The summed E-state index contributed by atoms with van der Waals surface area (Å²) in [5.41, 5.74) is 1.92. The van der Waals surface area contributed by atoms with Gasteiger partial charge < -0.3 is 14.7 Å². The van der Waals surface area contributed by atoms with Gasteiger partial charge in [-0.1, -0.05) is 18.2 Å². The van der Waals surface area contributed by atoms with Crippen molar-refractivity contribution in [3.63, 3.8) is 0 Å². The number of anilines is 2. The van der Waals surface area contributed by atoms with Crippen molar-refractivity contribution < 1.29 is 9.59 Å². The van der Waals surface area contributed by atoms with Crippen LogP contribution < -0.4 is 9.80 Å². The molecule has 7 heteroatoms. The van der Waals surface area contributed by atoms with Gasteiger partial charge in [0.1, 0.15) is 5.69 Å². The van der Waals surface area contributed by atoms with E-state index in [-0.39, 0.29) is 11.8 Å². The minimum absolute atomic E-state index is 0.0789. The summed E-state index contributed by atoms with van der Waals surface area (Å²) in [4.78, 5) is 38.7. The molecular weight excluding hydrogens is 330 g/mol.